The molecule has 0 aliphatic carbocycles. The van der Waals surface area contributed by atoms with Gasteiger partial charge >= 0.3 is 6.03 Å². The summed E-state index contributed by atoms with van der Waals surface area (Å²) in [5, 5.41) is 5.28. The van der Waals surface area contributed by atoms with Crippen LogP contribution in [-0.4, -0.2) is 30.2 Å². The monoisotopic (exact) mass is 288 g/mol. The third-order valence-corrected chi connectivity index (χ3v) is 2.67. The van der Waals surface area contributed by atoms with E-state index in [0.29, 0.717) is 23.1 Å². The van der Waals surface area contributed by atoms with Gasteiger partial charge in [0.1, 0.15) is 5.75 Å². The second-order valence-electron chi connectivity index (χ2n) is 4.23. The fraction of sp³-hybridized carbons (Fsp3) is 0.214. The van der Waals surface area contributed by atoms with E-state index in [2.05, 4.69) is 20.6 Å². The van der Waals surface area contributed by atoms with Crippen molar-refractivity contribution in [2.24, 2.45) is 0 Å². The molecule has 0 bridgehead atoms. The van der Waals surface area contributed by atoms with Gasteiger partial charge in [-0.25, -0.2) is 4.79 Å². The number of rotatable bonds is 4. The number of nitrogens with zero attached hydrogens (tertiary/aromatic N) is 2. The SMILES string of the molecule is COc1cncc(NC(=O)Nc2cc(C)ccc2OC)n1. The number of amides is 2. The molecule has 7 nitrogen and oxygen atoms in total. The molecule has 1 aromatic carbocycles. The number of hydrogen-bond acceptors (Lipinski definition) is 5. The molecule has 2 aromatic rings. The van der Waals surface area contributed by atoms with Crippen LogP contribution in [0.5, 0.6) is 11.6 Å². The molecule has 0 radical (unpaired) electrons. The fourth-order valence-corrected chi connectivity index (χ4v) is 1.70. The lowest BCUT2D eigenvalue weighted by molar-refractivity contribution is 0.262. The summed E-state index contributed by atoms with van der Waals surface area (Å²) in [5.74, 6) is 1.19. The number of aromatic nitrogens is 2. The van der Waals surface area contributed by atoms with E-state index >= 15 is 0 Å². The van der Waals surface area contributed by atoms with Crippen molar-refractivity contribution in [1.29, 1.82) is 0 Å². The number of carbonyl (C=O) groups excluding carboxylic acids is 1. The summed E-state index contributed by atoms with van der Waals surface area (Å²) >= 11 is 0. The van der Waals surface area contributed by atoms with Gasteiger partial charge in [-0.15, -0.1) is 0 Å². The lowest BCUT2D eigenvalue weighted by atomic mass is 10.2. The molecule has 0 aliphatic rings. The maximum Gasteiger partial charge on any atom is 0.325 e. The minimum Gasteiger partial charge on any atom is -0.495 e. The predicted octanol–water partition coefficient (Wildman–Crippen LogP) is 2.45. The molecule has 0 aliphatic heterocycles. The lowest BCUT2D eigenvalue weighted by Crippen LogP contribution is -2.20. The topological polar surface area (TPSA) is 85.4 Å². The molecule has 1 aromatic heterocycles. The van der Waals surface area contributed by atoms with Crippen LogP contribution < -0.4 is 20.1 Å². The van der Waals surface area contributed by atoms with E-state index in [1.807, 2.05) is 19.1 Å². The van der Waals surface area contributed by atoms with E-state index in [0.717, 1.165) is 5.56 Å². The molecular weight excluding hydrogens is 272 g/mol. The number of anilines is 2. The van der Waals surface area contributed by atoms with Crippen LogP contribution in [-0.2, 0) is 0 Å². The molecule has 0 unspecified atom stereocenters. The molecule has 1 heterocycles. The van der Waals surface area contributed by atoms with E-state index in [4.69, 9.17) is 9.47 Å². The predicted molar refractivity (Wildman–Crippen MR) is 79.0 cm³/mol. The second-order valence-corrected chi connectivity index (χ2v) is 4.23. The number of nitrogens with one attached hydrogen (secondary N) is 2. The van der Waals surface area contributed by atoms with Gasteiger partial charge in [0.15, 0.2) is 5.82 Å². The maximum atomic E-state index is 12.0. The minimum absolute atomic E-state index is 0.290. The Bertz CT molecular complexity index is 646. The van der Waals surface area contributed by atoms with Gasteiger partial charge in [-0.1, -0.05) is 6.07 Å². The van der Waals surface area contributed by atoms with Crippen LogP contribution in [0.1, 0.15) is 5.56 Å². The highest BCUT2D eigenvalue weighted by molar-refractivity contribution is 6.00. The fourth-order valence-electron chi connectivity index (χ4n) is 1.70. The second kappa shape index (κ2) is 6.56. The van der Waals surface area contributed by atoms with Gasteiger partial charge in [0, 0.05) is 0 Å². The molecular formula is C14H16N4O3. The zero-order chi connectivity index (χ0) is 15.2. The quantitative estimate of drug-likeness (QED) is 0.902. The number of aryl methyl sites for hydroxylation is 1. The summed E-state index contributed by atoms with van der Waals surface area (Å²) in [6.45, 7) is 1.93. The van der Waals surface area contributed by atoms with E-state index in [-0.39, 0.29) is 0 Å². The van der Waals surface area contributed by atoms with Gasteiger partial charge in [-0.3, -0.25) is 10.3 Å². The van der Waals surface area contributed by atoms with Crippen LogP contribution in [0, 0.1) is 6.92 Å². The molecule has 2 amide bonds. The van der Waals surface area contributed by atoms with E-state index < -0.39 is 6.03 Å². The number of ether oxygens (including phenoxy) is 2. The Kier molecular flexibility index (Phi) is 4.55. The van der Waals surface area contributed by atoms with Crippen LogP contribution in [0.4, 0.5) is 16.3 Å². The van der Waals surface area contributed by atoms with Gasteiger partial charge in [0.05, 0.1) is 32.3 Å². The maximum absolute atomic E-state index is 12.0. The highest BCUT2D eigenvalue weighted by atomic mass is 16.5. The molecule has 110 valence electrons. The van der Waals surface area contributed by atoms with Crippen molar-refractivity contribution in [3.63, 3.8) is 0 Å². The molecule has 21 heavy (non-hydrogen) atoms. The first kappa shape index (κ1) is 14.6. The van der Waals surface area contributed by atoms with Crippen molar-refractivity contribution in [3.8, 4) is 11.6 Å². The lowest BCUT2D eigenvalue weighted by Gasteiger charge is -2.11. The average molecular weight is 288 g/mol. The molecule has 2 rings (SSSR count). The van der Waals surface area contributed by atoms with Gasteiger partial charge < -0.3 is 14.8 Å². The van der Waals surface area contributed by atoms with Crippen LogP contribution in [0.2, 0.25) is 0 Å². The number of hydrogen-bond donors (Lipinski definition) is 2. The standard InChI is InChI=1S/C14H16N4O3/c1-9-4-5-11(20-2)10(6-9)16-14(19)18-12-7-15-8-13(17-12)21-3/h4-8H,1-3H3,(H2,16,17,18,19). The summed E-state index contributed by atoms with van der Waals surface area (Å²) in [4.78, 5) is 19.9. The van der Waals surface area contributed by atoms with Crippen LogP contribution in [0.3, 0.4) is 0 Å². The first-order valence-electron chi connectivity index (χ1n) is 6.21. The third-order valence-electron chi connectivity index (χ3n) is 2.67. The first-order chi connectivity index (χ1) is 10.1. The molecule has 0 fully saturated rings. The van der Waals surface area contributed by atoms with Gasteiger partial charge in [-0.05, 0) is 24.6 Å². The number of carbonyl (C=O) groups is 1. The summed E-state index contributed by atoms with van der Waals surface area (Å²) in [6.07, 6.45) is 2.88. The van der Waals surface area contributed by atoms with Crippen molar-refractivity contribution in [2.75, 3.05) is 24.9 Å². The number of benzene rings is 1. The molecule has 0 saturated heterocycles. The van der Waals surface area contributed by atoms with Crippen LogP contribution in [0.15, 0.2) is 30.6 Å². The average Bonchev–Trinajstić information content (AvgIpc) is 2.47. The van der Waals surface area contributed by atoms with Crippen LogP contribution in [0.25, 0.3) is 0 Å². The van der Waals surface area contributed by atoms with Crippen LogP contribution >= 0.6 is 0 Å². The Labute approximate surface area is 122 Å². The Morgan fingerprint density at radius 1 is 1.14 bits per heavy atom. The van der Waals surface area contributed by atoms with Gasteiger partial charge in [0.25, 0.3) is 0 Å². The molecule has 0 atom stereocenters. The highest BCUT2D eigenvalue weighted by Gasteiger charge is 2.09. The Balaban J connectivity index is 2.09. The summed E-state index contributed by atoms with van der Waals surface area (Å²) in [7, 11) is 3.02. The van der Waals surface area contributed by atoms with E-state index in [1.165, 1.54) is 19.5 Å². The molecule has 7 heteroatoms. The van der Waals surface area contributed by atoms with Crippen molar-refractivity contribution in [2.45, 2.75) is 6.92 Å². The number of methoxy groups -OCH3 is 2. The Morgan fingerprint density at radius 3 is 2.67 bits per heavy atom. The summed E-state index contributed by atoms with van der Waals surface area (Å²) in [5.41, 5.74) is 1.58. The Morgan fingerprint density at radius 2 is 1.95 bits per heavy atom. The van der Waals surface area contributed by atoms with E-state index in [9.17, 15) is 4.79 Å². The normalized spacial score (nSPS) is 9.86. The summed E-state index contributed by atoms with van der Waals surface area (Å²) in [6, 6.07) is 5.06. The largest absolute Gasteiger partial charge is 0.495 e. The molecule has 2 N–H and O–H groups in total. The summed E-state index contributed by atoms with van der Waals surface area (Å²) < 4.78 is 10.1. The van der Waals surface area contributed by atoms with Gasteiger partial charge in [0.2, 0.25) is 5.88 Å². The number of urea groups is 1. The minimum atomic E-state index is -0.443. The smallest absolute Gasteiger partial charge is 0.325 e. The van der Waals surface area contributed by atoms with Gasteiger partial charge in [-0.2, -0.15) is 4.98 Å². The van der Waals surface area contributed by atoms with Crippen molar-refractivity contribution < 1.29 is 14.3 Å². The molecule has 0 saturated carbocycles. The first-order valence-corrected chi connectivity index (χ1v) is 6.21. The molecule has 0 spiro atoms. The zero-order valence-corrected chi connectivity index (χ0v) is 12.0. The third kappa shape index (κ3) is 3.82. The van der Waals surface area contributed by atoms with Crippen molar-refractivity contribution >= 4 is 17.5 Å². The zero-order valence-electron chi connectivity index (χ0n) is 12.0. The van der Waals surface area contributed by atoms with Crippen molar-refractivity contribution in [3.05, 3.63) is 36.2 Å². The highest BCUT2D eigenvalue weighted by Crippen LogP contribution is 2.25. The van der Waals surface area contributed by atoms with E-state index in [1.54, 1.807) is 13.2 Å². The Hall–Kier alpha value is -2.83. The van der Waals surface area contributed by atoms with Crippen molar-refractivity contribution in [1.82, 2.24) is 9.97 Å².